The maximum Gasteiger partial charge on any atom is 0.271 e. The van der Waals surface area contributed by atoms with E-state index in [9.17, 15) is 14.7 Å². The number of nitrogens with zero attached hydrogens (tertiary/aromatic N) is 1. The molecule has 0 saturated carbocycles. The fourth-order valence-corrected chi connectivity index (χ4v) is 2.89. The molecule has 0 spiro atoms. The zero-order chi connectivity index (χ0) is 22.6. The summed E-state index contributed by atoms with van der Waals surface area (Å²) in [5, 5.41) is 16.7. The quantitative estimate of drug-likeness (QED) is 0.284. The van der Waals surface area contributed by atoms with Crippen molar-refractivity contribution in [1.29, 1.82) is 0 Å². The van der Waals surface area contributed by atoms with Crippen LogP contribution >= 0.6 is 0 Å². The highest BCUT2D eigenvalue weighted by atomic mass is 16.5. The lowest BCUT2D eigenvalue weighted by Crippen LogP contribution is -2.18. The molecule has 0 aliphatic carbocycles. The summed E-state index contributed by atoms with van der Waals surface area (Å²) in [5.41, 5.74) is 3.93. The highest BCUT2D eigenvalue weighted by molar-refractivity contribution is 5.97. The van der Waals surface area contributed by atoms with Gasteiger partial charge in [0.15, 0.2) is 11.5 Å². The van der Waals surface area contributed by atoms with Gasteiger partial charge in [0.05, 0.1) is 20.4 Å². The maximum atomic E-state index is 12.4. The summed E-state index contributed by atoms with van der Waals surface area (Å²) in [6.07, 6.45) is 5.98. The topological polar surface area (TPSA) is 109 Å². The Morgan fingerprint density at radius 1 is 1.06 bits per heavy atom. The van der Waals surface area contributed by atoms with Crippen LogP contribution in [0.15, 0.2) is 41.5 Å². The first-order chi connectivity index (χ1) is 15.0. The Bertz CT molecular complexity index is 902. The van der Waals surface area contributed by atoms with Gasteiger partial charge in [-0.25, -0.2) is 5.43 Å². The number of carbonyl (C=O) groups is 2. The number of nitrogens with one attached hydrogen (secondary N) is 2. The van der Waals surface area contributed by atoms with Crippen molar-refractivity contribution in [2.75, 3.05) is 19.5 Å². The third-order valence-corrected chi connectivity index (χ3v) is 4.55. The Labute approximate surface area is 182 Å². The number of rotatable bonds is 11. The number of benzene rings is 2. The Hall–Kier alpha value is -3.55. The Kier molecular flexibility index (Phi) is 9.35. The summed E-state index contributed by atoms with van der Waals surface area (Å²) in [6.45, 7) is 2.12. The number of hydrogen-bond donors (Lipinski definition) is 3. The van der Waals surface area contributed by atoms with E-state index in [2.05, 4.69) is 22.8 Å². The smallest absolute Gasteiger partial charge is 0.271 e. The van der Waals surface area contributed by atoms with Gasteiger partial charge in [0.25, 0.3) is 5.91 Å². The second kappa shape index (κ2) is 12.2. The molecular weight excluding hydrogens is 398 g/mol. The highest BCUT2D eigenvalue weighted by Crippen LogP contribution is 2.36. The number of aromatic hydroxyl groups is 1. The normalized spacial score (nSPS) is 10.7. The lowest BCUT2D eigenvalue weighted by Gasteiger charge is -2.09. The molecule has 2 amide bonds. The van der Waals surface area contributed by atoms with Crippen LogP contribution in [0.3, 0.4) is 0 Å². The standard InChI is InChI=1S/C23H29N3O5/c1-4-5-6-7-11-21(27)25-18-10-8-9-17(14-18)23(29)26-24-15-16-12-19(30-2)22(28)20(13-16)31-3/h8-10,12-15,28H,4-7,11H2,1-3H3,(H,25,27)(H,26,29)/b24-15+. The van der Waals surface area contributed by atoms with E-state index in [1.807, 2.05) is 0 Å². The summed E-state index contributed by atoms with van der Waals surface area (Å²) in [5.74, 6) is -0.152. The molecule has 31 heavy (non-hydrogen) atoms. The molecule has 0 unspecified atom stereocenters. The minimum Gasteiger partial charge on any atom is -0.502 e. The van der Waals surface area contributed by atoms with Crippen LogP contribution in [0.25, 0.3) is 0 Å². The molecule has 8 nitrogen and oxygen atoms in total. The van der Waals surface area contributed by atoms with Crippen molar-refractivity contribution in [2.24, 2.45) is 5.10 Å². The molecule has 0 aliphatic heterocycles. The molecule has 2 aromatic rings. The third kappa shape index (κ3) is 7.33. The van der Waals surface area contributed by atoms with Crippen LogP contribution in [0.2, 0.25) is 0 Å². The second-order valence-corrected chi connectivity index (χ2v) is 6.91. The Balaban J connectivity index is 1.97. The summed E-state index contributed by atoms with van der Waals surface area (Å²) < 4.78 is 10.2. The average Bonchev–Trinajstić information content (AvgIpc) is 2.77. The molecule has 8 heteroatoms. The molecular formula is C23H29N3O5. The van der Waals surface area contributed by atoms with Crippen molar-refractivity contribution in [3.63, 3.8) is 0 Å². The van der Waals surface area contributed by atoms with E-state index in [0.29, 0.717) is 23.2 Å². The van der Waals surface area contributed by atoms with Gasteiger partial charge in [-0.15, -0.1) is 0 Å². The molecule has 2 aromatic carbocycles. The molecule has 0 fully saturated rings. The number of unbranched alkanes of at least 4 members (excludes halogenated alkanes) is 3. The SMILES string of the molecule is CCCCCCC(=O)Nc1cccc(C(=O)N/N=C/c2cc(OC)c(O)c(OC)c2)c1. The average molecular weight is 428 g/mol. The van der Waals surface area contributed by atoms with Crippen LogP contribution in [0.4, 0.5) is 5.69 Å². The predicted octanol–water partition coefficient (Wildman–Crippen LogP) is 4.08. The van der Waals surface area contributed by atoms with E-state index in [4.69, 9.17) is 9.47 Å². The van der Waals surface area contributed by atoms with Crippen molar-refractivity contribution < 1.29 is 24.2 Å². The number of hydrogen-bond acceptors (Lipinski definition) is 6. The summed E-state index contributed by atoms with van der Waals surface area (Å²) >= 11 is 0. The highest BCUT2D eigenvalue weighted by Gasteiger charge is 2.11. The van der Waals surface area contributed by atoms with E-state index < -0.39 is 5.91 Å². The van der Waals surface area contributed by atoms with Gasteiger partial charge in [-0.3, -0.25) is 9.59 Å². The number of phenolic OH excluding ortho intramolecular Hbond substituents is 1. The largest absolute Gasteiger partial charge is 0.502 e. The summed E-state index contributed by atoms with van der Waals surface area (Å²) in [6, 6.07) is 9.78. The lowest BCUT2D eigenvalue weighted by atomic mass is 10.1. The fourth-order valence-electron chi connectivity index (χ4n) is 2.89. The van der Waals surface area contributed by atoms with Crippen LogP contribution in [0.5, 0.6) is 17.2 Å². The van der Waals surface area contributed by atoms with Gasteiger partial charge in [-0.1, -0.05) is 32.3 Å². The minimum atomic E-state index is -0.423. The van der Waals surface area contributed by atoms with Crippen molar-refractivity contribution >= 4 is 23.7 Å². The number of methoxy groups -OCH3 is 2. The summed E-state index contributed by atoms with van der Waals surface area (Å²) in [7, 11) is 2.85. The van der Waals surface area contributed by atoms with Crippen LogP contribution in [0.1, 0.15) is 54.9 Å². The zero-order valence-electron chi connectivity index (χ0n) is 18.1. The molecule has 2 rings (SSSR count). The fraction of sp³-hybridized carbons (Fsp3) is 0.348. The Morgan fingerprint density at radius 3 is 2.42 bits per heavy atom. The Morgan fingerprint density at radius 2 is 1.77 bits per heavy atom. The van der Waals surface area contributed by atoms with E-state index >= 15 is 0 Å². The molecule has 3 N–H and O–H groups in total. The number of phenols is 1. The van der Waals surface area contributed by atoms with Gasteiger partial charge in [0, 0.05) is 23.2 Å². The molecule has 0 aromatic heterocycles. The van der Waals surface area contributed by atoms with Crippen molar-refractivity contribution in [1.82, 2.24) is 5.43 Å². The van der Waals surface area contributed by atoms with E-state index in [1.54, 1.807) is 36.4 Å². The van der Waals surface area contributed by atoms with E-state index in [1.165, 1.54) is 20.4 Å². The van der Waals surface area contributed by atoms with Crippen molar-refractivity contribution in [2.45, 2.75) is 39.0 Å². The van der Waals surface area contributed by atoms with Crippen LogP contribution in [-0.4, -0.2) is 37.4 Å². The number of ether oxygens (including phenoxy) is 2. The monoisotopic (exact) mass is 427 g/mol. The number of anilines is 1. The van der Waals surface area contributed by atoms with Gasteiger partial charge in [0.1, 0.15) is 0 Å². The minimum absolute atomic E-state index is 0.0677. The van der Waals surface area contributed by atoms with E-state index in [-0.39, 0.29) is 23.2 Å². The van der Waals surface area contributed by atoms with Gasteiger partial charge in [0.2, 0.25) is 11.7 Å². The van der Waals surface area contributed by atoms with Gasteiger partial charge < -0.3 is 19.9 Å². The number of hydrazone groups is 1. The lowest BCUT2D eigenvalue weighted by molar-refractivity contribution is -0.116. The van der Waals surface area contributed by atoms with Gasteiger partial charge >= 0.3 is 0 Å². The molecule has 0 atom stereocenters. The second-order valence-electron chi connectivity index (χ2n) is 6.91. The van der Waals surface area contributed by atoms with Crippen LogP contribution in [0, 0.1) is 0 Å². The molecule has 0 saturated heterocycles. The predicted molar refractivity (Wildman–Crippen MR) is 120 cm³/mol. The van der Waals surface area contributed by atoms with Crippen LogP contribution < -0.4 is 20.2 Å². The number of carbonyl (C=O) groups excluding carboxylic acids is 2. The molecule has 166 valence electrons. The maximum absolute atomic E-state index is 12.4. The number of amides is 2. The molecule has 0 heterocycles. The van der Waals surface area contributed by atoms with Crippen LogP contribution in [-0.2, 0) is 4.79 Å². The first-order valence-electron chi connectivity index (χ1n) is 10.2. The zero-order valence-corrected chi connectivity index (χ0v) is 18.1. The van der Waals surface area contributed by atoms with Crippen molar-refractivity contribution in [3.05, 3.63) is 47.5 Å². The molecule has 0 bridgehead atoms. The van der Waals surface area contributed by atoms with Gasteiger partial charge in [-0.2, -0.15) is 5.10 Å². The summed E-state index contributed by atoms with van der Waals surface area (Å²) in [4.78, 5) is 24.4. The molecule has 0 aliphatic rings. The first kappa shape index (κ1) is 23.7. The molecule has 0 radical (unpaired) electrons. The van der Waals surface area contributed by atoms with E-state index in [0.717, 1.165) is 25.7 Å². The van der Waals surface area contributed by atoms with Gasteiger partial charge in [-0.05, 0) is 36.8 Å². The third-order valence-electron chi connectivity index (χ3n) is 4.55. The first-order valence-corrected chi connectivity index (χ1v) is 10.2. The van der Waals surface area contributed by atoms with Crippen molar-refractivity contribution in [3.8, 4) is 17.2 Å².